The van der Waals surface area contributed by atoms with Crippen LogP contribution < -0.4 is 5.56 Å². The molecule has 1 saturated heterocycles. The van der Waals surface area contributed by atoms with E-state index < -0.39 is 0 Å². The second-order valence-electron chi connectivity index (χ2n) is 5.77. The minimum atomic E-state index is -0.152. The summed E-state index contributed by atoms with van der Waals surface area (Å²) >= 11 is 0. The lowest BCUT2D eigenvalue weighted by molar-refractivity contribution is 0.0700. The first-order valence-corrected chi connectivity index (χ1v) is 7.57. The van der Waals surface area contributed by atoms with E-state index in [1.807, 2.05) is 6.07 Å². The minimum Gasteiger partial charge on any atom is -0.459 e. The van der Waals surface area contributed by atoms with Crippen LogP contribution in [0.15, 0.2) is 39.7 Å². The van der Waals surface area contributed by atoms with Gasteiger partial charge in [0.25, 0.3) is 11.5 Å². The smallest absolute Gasteiger partial charge is 0.290 e. The highest BCUT2D eigenvalue weighted by molar-refractivity contribution is 5.91. The van der Waals surface area contributed by atoms with Crippen LogP contribution in [0, 0.1) is 6.92 Å². The molecule has 23 heavy (non-hydrogen) atoms. The normalized spacial score (nSPS) is 18.0. The van der Waals surface area contributed by atoms with E-state index in [0.29, 0.717) is 23.6 Å². The SMILES string of the molecule is Cc1cc(=O)n2[nH]c([C@@H]3CCCN3C(=O)c3ccco3)cc2n1. The fourth-order valence-electron chi connectivity index (χ4n) is 3.17. The predicted molar refractivity (Wildman–Crippen MR) is 82.3 cm³/mol. The summed E-state index contributed by atoms with van der Waals surface area (Å²) in [4.78, 5) is 30.7. The van der Waals surface area contributed by atoms with Gasteiger partial charge in [-0.1, -0.05) is 0 Å². The number of aryl methyl sites for hydroxylation is 1. The molecule has 4 heterocycles. The van der Waals surface area contributed by atoms with Crippen LogP contribution in [0.4, 0.5) is 0 Å². The lowest BCUT2D eigenvalue weighted by Crippen LogP contribution is -2.30. The summed E-state index contributed by atoms with van der Waals surface area (Å²) < 4.78 is 6.63. The molecule has 0 bridgehead atoms. The zero-order valence-electron chi connectivity index (χ0n) is 12.7. The average molecular weight is 312 g/mol. The number of aromatic nitrogens is 3. The zero-order chi connectivity index (χ0) is 16.0. The van der Waals surface area contributed by atoms with Crippen LogP contribution in [0.2, 0.25) is 0 Å². The second-order valence-corrected chi connectivity index (χ2v) is 5.77. The van der Waals surface area contributed by atoms with Crippen molar-refractivity contribution in [2.24, 2.45) is 0 Å². The lowest BCUT2D eigenvalue weighted by Gasteiger charge is -2.22. The Balaban J connectivity index is 1.73. The molecule has 0 aliphatic carbocycles. The maximum atomic E-state index is 12.6. The van der Waals surface area contributed by atoms with E-state index in [1.54, 1.807) is 24.0 Å². The molecule has 1 aliphatic heterocycles. The number of furan rings is 1. The van der Waals surface area contributed by atoms with Gasteiger partial charge in [-0.05, 0) is 31.9 Å². The average Bonchev–Trinajstić information content (AvgIpc) is 3.25. The molecular formula is C16H16N4O3. The van der Waals surface area contributed by atoms with Crippen LogP contribution in [0.5, 0.6) is 0 Å². The number of nitrogens with zero attached hydrogens (tertiary/aromatic N) is 3. The molecule has 4 rings (SSSR count). The van der Waals surface area contributed by atoms with Crippen molar-refractivity contribution in [3.8, 4) is 0 Å². The van der Waals surface area contributed by atoms with Crippen LogP contribution in [-0.2, 0) is 0 Å². The van der Waals surface area contributed by atoms with Crippen molar-refractivity contribution in [3.05, 3.63) is 58.0 Å². The summed E-state index contributed by atoms with van der Waals surface area (Å²) in [6.07, 6.45) is 3.24. The van der Waals surface area contributed by atoms with Crippen molar-refractivity contribution in [3.63, 3.8) is 0 Å². The third-order valence-corrected chi connectivity index (χ3v) is 4.20. The summed E-state index contributed by atoms with van der Waals surface area (Å²) in [5.74, 6) is 0.201. The molecule has 3 aromatic rings. The Bertz CT molecular complexity index is 923. The van der Waals surface area contributed by atoms with E-state index in [0.717, 1.165) is 18.5 Å². The highest BCUT2D eigenvalue weighted by Gasteiger charge is 2.33. The molecular weight excluding hydrogens is 296 g/mol. The van der Waals surface area contributed by atoms with Gasteiger partial charge in [-0.25, -0.2) is 9.50 Å². The number of likely N-dealkylation sites (tertiary alicyclic amines) is 1. The van der Waals surface area contributed by atoms with Gasteiger partial charge in [-0.2, -0.15) is 0 Å². The third-order valence-electron chi connectivity index (χ3n) is 4.20. The standard InChI is InChI=1S/C16H16N4O3/c1-10-8-15(21)20-14(17-10)9-11(18-20)12-4-2-6-19(12)16(22)13-5-3-7-23-13/h3,5,7-9,12,18H,2,4,6H2,1H3/t12-/m0/s1. The van der Waals surface area contributed by atoms with E-state index in [-0.39, 0.29) is 17.5 Å². The molecule has 1 amide bonds. The van der Waals surface area contributed by atoms with Gasteiger partial charge in [0.15, 0.2) is 11.4 Å². The van der Waals surface area contributed by atoms with Gasteiger partial charge in [0.1, 0.15) is 0 Å². The first-order chi connectivity index (χ1) is 11.1. The van der Waals surface area contributed by atoms with Crippen molar-refractivity contribution in [2.45, 2.75) is 25.8 Å². The largest absolute Gasteiger partial charge is 0.459 e. The molecule has 0 saturated carbocycles. The molecule has 0 aromatic carbocycles. The molecule has 7 nitrogen and oxygen atoms in total. The summed E-state index contributed by atoms with van der Waals surface area (Å²) in [6.45, 7) is 2.46. The molecule has 0 spiro atoms. The van der Waals surface area contributed by atoms with Gasteiger partial charge >= 0.3 is 0 Å². The third kappa shape index (κ3) is 2.25. The molecule has 118 valence electrons. The molecule has 0 radical (unpaired) electrons. The van der Waals surface area contributed by atoms with Gasteiger partial charge < -0.3 is 9.32 Å². The fourth-order valence-corrected chi connectivity index (χ4v) is 3.17. The maximum absolute atomic E-state index is 12.6. The summed E-state index contributed by atoms with van der Waals surface area (Å²) in [5, 5.41) is 3.08. The number of hydrogen-bond donors (Lipinski definition) is 1. The van der Waals surface area contributed by atoms with E-state index in [9.17, 15) is 9.59 Å². The Kier molecular flexibility index (Phi) is 3.07. The van der Waals surface area contributed by atoms with Crippen LogP contribution in [0.1, 0.15) is 40.8 Å². The van der Waals surface area contributed by atoms with Gasteiger partial charge in [0.05, 0.1) is 18.0 Å². The van der Waals surface area contributed by atoms with Crippen molar-refractivity contribution in [1.29, 1.82) is 0 Å². The van der Waals surface area contributed by atoms with Crippen LogP contribution in [0.3, 0.4) is 0 Å². The number of fused-ring (bicyclic) bond motifs is 1. The van der Waals surface area contributed by atoms with Crippen molar-refractivity contribution < 1.29 is 9.21 Å². The molecule has 7 heteroatoms. The van der Waals surface area contributed by atoms with Gasteiger partial charge in [-0.3, -0.25) is 14.7 Å². The number of aromatic amines is 1. The number of carbonyl (C=O) groups is 1. The Morgan fingerprint density at radius 3 is 3.09 bits per heavy atom. The molecule has 1 fully saturated rings. The summed E-state index contributed by atoms with van der Waals surface area (Å²) in [7, 11) is 0. The number of carbonyl (C=O) groups excluding carboxylic acids is 1. The number of amides is 1. The topological polar surface area (TPSA) is 83.6 Å². The zero-order valence-corrected chi connectivity index (χ0v) is 12.7. The first-order valence-electron chi connectivity index (χ1n) is 7.57. The molecule has 3 aromatic heterocycles. The molecule has 0 unspecified atom stereocenters. The number of H-pyrrole nitrogens is 1. The number of hydrogen-bond acceptors (Lipinski definition) is 4. The van der Waals surface area contributed by atoms with Crippen molar-refractivity contribution >= 4 is 11.6 Å². The van der Waals surface area contributed by atoms with Crippen molar-refractivity contribution in [1.82, 2.24) is 19.5 Å². The van der Waals surface area contributed by atoms with Gasteiger partial charge in [0.2, 0.25) is 0 Å². The predicted octanol–water partition coefficient (Wildman–Crippen LogP) is 1.90. The Morgan fingerprint density at radius 1 is 1.43 bits per heavy atom. The Labute approximate surface area is 131 Å². The Hall–Kier alpha value is -2.83. The van der Waals surface area contributed by atoms with Gasteiger partial charge in [-0.15, -0.1) is 0 Å². The molecule has 1 aliphatic rings. The second kappa shape index (κ2) is 5.12. The monoisotopic (exact) mass is 312 g/mol. The maximum Gasteiger partial charge on any atom is 0.290 e. The van der Waals surface area contributed by atoms with Crippen LogP contribution >= 0.6 is 0 Å². The van der Waals surface area contributed by atoms with E-state index in [2.05, 4.69) is 10.1 Å². The van der Waals surface area contributed by atoms with E-state index in [1.165, 1.54) is 16.8 Å². The fraction of sp³-hybridized carbons (Fsp3) is 0.312. The molecule has 1 atom stereocenters. The highest BCUT2D eigenvalue weighted by Crippen LogP contribution is 2.32. The Morgan fingerprint density at radius 2 is 2.30 bits per heavy atom. The van der Waals surface area contributed by atoms with E-state index >= 15 is 0 Å². The van der Waals surface area contributed by atoms with Gasteiger partial charge in [0, 0.05) is 24.4 Å². The summed E-state index contributed by atoms with van der Waals surface area (Å²) in [6, 6.07) is 6.58. The quantitative estimate of drug-likeness (QED) is 0.783. The van der Waals surface area contributed by atoms with Crippen LogP contribution in [-0.4, -0.2) is 31.9 Å². The van der Waals surface area contributed by atoms with E-state index in [4.69, 9.17) is 4.42 Å². The summed E-state index contributed by atoms with van der Waals surface area (Å²) in [5.41, 5.74) is 1.91. The minimum absolute atomic E-state index is 0.103. The number of nitrogens with one attached hydrogen (secondary N) is 1. The first kappa shape index (κ1) is 13.8. The van der Waals surface area contributed by atoms with Crippen molar-refractivity contribution in [2.75, 3.05) is 6.54 Å². The lowest BCUT2D eigenvalue weighted by atomic mass is 10.1. The van der Waals surface area contributed by atoms with Crippen LogP contribution in [0.25, 0.3) is 5.65 Å². The number of rotatable bonds is 2. The molecule has 1 N–H and O–H groups in total. The highest BCUT2D eigenvalue weighted by atomic mass is 16.3.